The lowest BCUT2D eigenvalue weighted by atomic mass is 10.1. The summed E-state index contributed by atoms with van der Waals surface area (Å²) in [7, 11) is 0. The van der Waals surface area contributed by atoms with Gasteiger partial charge >= 0.3 is 6.09 Å². The molecule has 0 aliphatic carbocycles. The molecule has 1 fully saturated rings. The summed E-state index contributed by atoms with van der Waals surface area (Å²) in [4.78, 5) is 37.5. The van der Waals surface area contributed by atoms with Gasteiger partial charge in [-0.1, -0.05) is 18.2 Å². The summed E-state index contributed by atoms with van der Waals surface area (Å²) in [5.74, 6) is -0.261. The molecule has 26 heavy (non-hydrogen) atoms. The van der Waals surface area contributed by atoms with Gasteiger partial charge in [0.15, 0.2) is 0 Å². The summed E-state index contributed by atoms with van der Waals surface area (Å²) in [5, 5.41) is 5.74. The minimum Gasteiger partial charge on any atom is -0.450 e. The normalized spacial score (nSPS) is 14.6. The van der Waals surface area contributed by atoms with Crippen LogP contribution < -0.4 is 10.6 Å². The molecule has 142 valence electrons. The molecule has 3 amide bonds. The molecule has 0 unspecified atom stereocenters. The van der Waals surface area contributed by atoms with Gasteiger partial charge in [-0.2, -0.15) is 0 Å². The topological polar surface area (TPSA) is 87.7 Å². The summed E-state index contributed by atoms with van der Waals surface area (Å²) in [5.41, 5.74) is 1.53. The molecule has 2 rings (SSSR count). The molecular weight excluding hydrogens is 334 g/mol. The molecule has 7 nitrogen and oxygen atoms in total. The van der Waals surface area contributed by atoms with Crippen LogP contribution in [0.2, 0.25) is 0 Å². The van der Waals surface area contributed by atoms with E-state index in [9.17, 15) is 14.4 Å². The molecule has 7 heteroatoms. The highest BCUT2D eigenvalue weighted by Gasteiger charge is 2.24. The maximum absolute atomic E-state index is 12.1. The molecule has 0 saturated carbocycles. The predicted molar refractivity (Wildman–Crippen MR) is 97.9 cm³/mol. The van der Waals surface area contributed by atoms with Gasteiger partial charge in [-0.3, -0.25) is 9.59 Å². The largest absolute Gasteiger partial charge is 0.450 e. The molecule has 1 heterocycles. The third kappa shape index (κ3) is 5.75. The van der Waals surface area contributed by atoms with Crippen molar-refractivity contribution in [2.45, 2.75) is 39.2 Å². The van der Waals surface area contributed by atoms with E-state index < -0.39 is 0 Å². The second-order valence-corrected chi connectivity index (χ2v) is 6.35. The maximum atomic E-state index is 12.1. The second kappa shape index (κ2) is 9.79. The Labute approximate surface area is 154 Å². The summed E-state index contributed by atoms with van der Waals surface area (Å²) in [6, 6.07) is 7.40. The van der Waals surface area contributed by atoms with E-state index in [1.54, 1.807) is 17.9 Å². The lowest BCUT2D eigenvalue weighted by molar-refractivity contribution is -0.121. The van der Waals surface area contributed by atoms with E-state index in [0.717, 1.165) is 5.56 Å². The monoisotopic (exact) mass is 361 g/mol. The first-order valence-corrected chi connectivity index (χ1v) is 9.06. The maximum Gasteiger partial charge on any atom is 0.409 e. The third-order valence-corrected chi connectivity index (χ3v) is 4.41. The number of carbonyl (C=O) groups is 3. The number of ether oxygens (including phenoxy) is 1. The number of nitrogens with one attached hydrogen (secondary N) is 2. The first kappa shape index (κ1) is 19.8. The number of likely N-dealkylation sites (tertiary alicyclic amines) is 1. The number of hydrogen-bond acceptors (Lipinski definition) is 4. The molecule has 1 aromatic carbocycles. The van der Waals surface area contributed by atoms with Crippen LogP contribution in [0.4, 0.5) is 4.79 Å². The Morgan fingerprint density at radius 3 is 2.54 bits per heavy atom. The third-order valence-electron chi connectivity index (χ3n) is 4.41. The van der Waals surface area contributed by atoms with Crippen LogP contribution in [0.5, 0.6) is 0 Å². The highest BCUT2D eigenvalue weighted by Crippen LogP contribution is 2.11. The van der Waals surface area contributed by atoms with Gasteiger partial charge in [0.25, 0.3) is 5.91 Å². The van der Waals surface area contributed by atoms with Crippen molar-refractivity contribution in [2.75, 3.05) is 26.2 Å². The molecule has 0 bridgehead atoms. The minimum atomic E-state index is -0.295. The van der Waals surface area contributed by atoms with Crippen molar-refractivity contribution in [3.8, 4) is 0 Å². The summed E-state index contributed by atoms with van der Waals surface area (Å²) in [6.07, 6.45) is 1.35. The van der Waals surface area contributed by atoms with E-state index in [-0.39, 0.29) is 30.4 Å². The SMILES string of the molecule is CCOC(=O)N1CCC(NC(=O)CCNC(=O)c2ccccc2C)CC1. The van der Waals surface area contributed by atoms with E-state index in [4.69, 9.17) is 4.74 Å². The van der Waals surface area contributed by atoms with Gasteiger partial charge in [-0.25, -0.2) is 4.79 Å². The van der Waals surface area contributed by atoms with Crippen molar-refractivity contribution >= 4 is 17.9 Å². The average molecular weight is 361 g/mol. The Kier molecular flexibility index (Phi) is 7.44. The summed E-state index contributed by atoms with van der Waals surface area (Å²) in [6.45, 7) is 5.47. The lowest BCUT2D eigenvalue weighted by Gasteiger charge is -2.31. The fourth-order valence-electron chi connectivity index (χ4n) is 2.93. The summed E-state index contributed by atoms with van der Waals surface area (Å²) < 4.78 is 4.98. The molecule has 1 saturated heterocycles. The molecule has 2 N–H and O–H groups in total. The highest BCUT2D eigenvalue weighted by atomic mass is 16.6. The van der Waals surface area contributed by atoms with E-state index in [2.05, 4.69) is 10.6 Å². The van der Waals surface area contributed by atoms with Gasteiger partial charge in [0.05, 0.1) is 6.61 Å². The van der Waals surface area contributed by atoms with E-state index in [0.29, 0.717) is 44.6 Å². The van der Waals surface area contributed by atoms with Crippen LogP contribution in [-0.4, -0.2) is 55.1 Å². The van der Waals surface area contributed by atoms with Gasteiger partial charge in [-0.05, 0) is 38.3 Å². The molecule has 1 aromatic rings. The zero-order valence-electron chi connectivity index (χ0n) is 15.4. The van der Waals surface area contributed by atoms with Crippen LogP contribution in [0.1, 0.15) is 42.1 Å². The Morgan fingerprint density at radius 1 is 1.19 bits per heavy atom. The van der Waals surface area contributed by atoms with Gasteiger partial charge in [0.1, 0.15) is 0 Å². The van der Waals surface area contributed by atoms with Crippen LogP contribution in [0.15, 0.2) is 24.3 Å². The quantitative estimate of drug-likeness (QED) is 0.809. The molecule has 1 aliphatic heterocycles. The second-order valence-electron chi connectivity index (χ2n) is 6.35. The number of hydrogen-bond donors (Lipinski definition) is 2. The van der Waals surface area contributed by atoms with Crippen molar-refractivity contribution in [2.24, 2.45) is 0 Å². The Morgan fingerprint density at radius 2 is 1.88 bits per heavy atom. The molecule has 0 radical (unpaired) electrons. The molecule has 0 spiro atoms. The van der Waals surface area contributed by atoms with Gasteiger partial charge in [-0.15, -0.1) is 0 Å². The zero-order chi connectivity index (χ0) is 18.9. The van der Waals surface area contributed by atoms with Gasteiger partial charge < -0.3 is 20.3 Å². The number of amides is 3. The molecule has 1 aliphatic rings. The van der Waals surface area contributed by atoms with Crippen molar-refractivity contribution in [3.63, 3.8) is 0 Å². The molecule has 0 aromatic heterocycles. The number of nitrogens with zero attached hydrogens (tertiary/aromatic N) is 1. The van der Waals surface area contributed by atoms with Crippen LogP contribution >= 0.6 is 0 Å². The Hall–Kier alpha value is -2.57. The van der Waals surface area contributed by atoms with Crippen LogP contribution in [-0.2, 0) is 9.53 Å². The first-order chi connectivity index (χ1) is 12.5. The molecule has 0 atom stereocenters. The number of rotatable bonds is 6. The van der Waals surface area contributed by atoms with E-state index in [1.165, 1.54) is 0 Å². The van der Waals surface area contributed by atoms with E-state index >= 15 is 0 Å². The summed E-state index contributed by atoms with van der Waals surface area (Å²) >= 11 is 0. The smallest absolute Gasteiger partial charge is 0.409 e. The first-order valence-electron chi connectivity index (χ1n) is 9.06. The van der Waals surface area contributed by atoms with Gasteiger partial charge in [0, 0.05) is 37.7 Å². The van der Waals surface area contributed by atoms with Crippen LogP contribution in [0.3, 0.4) is 0 Å². The van der Waals surface area contributed by atoms with Crippen molar-refractivity contribution < 1.29 is 19.1 Å². The average Bonchev–Trinajstić information content (AvgIpc) is 2.62. The number of benzene rings is 1. The highest BCUT2D eigenvalue weighted by molar-refractivity contribution is 5.95. The van der Waals surface area contributed by atoms with Crippen LogP contribution in [0.25, 0.3) is 0 Å². The van der Waals surface area contributed by atoms with Crippen molar-refractivity contribution in [1.82, 2.24) is 15.5 Å². The van der Waals surface area contributed by atoms with Crippen LogP contribution in [0, 0.1) is 6.92 Å². The minimum absolute atomic E-state index is 0.0558. The fraction of sp³-hybridized carbons (Fsp3) is 0.526. The number of aryl methyl sites for hydroxylation is 1. The number of piperidine rings is 1. The standard InChI is InChI=1S/C19H27N3O4/c1-3-26-19(25)22-12-9-15(10-13-22)21-17(23)8-11-20-18(24)16-7-5-4-6-14(16)2/h4-7,15H,3,8-13H2,1-2H3,(H,20,24)(H,21,23). The van der Waals surface area contributed by atoms with Crippen molar-refractivity contribution in [3.05, 3.63) is 35.4 Å². The van der Waals surface area contributed by atoms with E-state index in [1.807, 2.05) is 25.1 Å². The number of carbonyl (C=O) groups excluding carboxylic acids is 3. The Balaban J connectivity index is 1.66. The van der Waals surface area contributed by atoms with Crippen molar-refractivity contribution in [1.29, 1.82) is 0 Å². The fourth-order valence-corrected chi connectivity index (χ4v) is 2.93. The van der Waals surface area contributed by atoms with Gasteiger partial charge in [0.2, 0.25) is 5.91 Å². The predicted octanol–water partition coefficient (Wildman–Crippen LogP) is 1.85. The Bertz CT molecular complexity index is 639. The zero-order valence-corrected chi connectivity index (χ0v) is 15.4. The molecular formula is C19H27N3O4. The lowest BCUT2D eigenvalue weighted by Crippen LogP contribution is -2.47.